The molecule has 4 rings (SSSR count). The summed E-state index contributed by atoms with van der Waals surface area (Å²) in [4.78, 5) is 40.9. The first-order valence-electron chi connectivity index (χ1n) is 12.2. The Hall–Kier alpha value is -3.79. The third-order valence-electron chi connectivity index (χ3n) is 6.61. The van der Waals surface area contributed by atoms with Crippen molar-refractivity contribution in [3.05, 3.63) is 76.0 Å². The lowest BCUT2D eigenvalue weighted by Gasteiger charge is -2.32. The van der Waals surface area contributed by atoms with Gasteiger partial charge in [0.25, 0.3) is 11.8 Å². The minimum absolute atomic E-state index is 0.00865. The molecule has 1 aliphatic rings. The Morgan fingerprint density at radius 3 is 2.16 bits per heavy atom. The third kappa shape index (κ3) is 5.64. The van der Waals surface area contributed by atoms with Crippen molar-refractivity contribution >= 4 is 40.6 Å². The van der Waals surface area contributed by atoms with Crippen LogP contribution < -0.4 is 21.7 Å². The van der Waals surface area contributed by atoms with Crippen LogP contribution in [-0.4, -0.2) is 28.1 Å². The van der Waals surface area contributed by atoms with Crippen LogP contribution in [0.5, 0.6) is 0 Å². The number of amides is 3. The number of nitrogens with zero attached hydrogens (tertiary/aromatic N) is 2. The average Bonchev–Trinajstić information content (AvgIpc) is 3.52. The van der Waals surface area contributed by atoms with Crippen LogP contribution in [0.3, 0.4) is 0 Å². The molecule has 1 atom stereocenters. The Balaban J connectivity index is 1.85. The second-order valence-electron chi connectivity index (χ2n) is 9.50. The zero-order chi connectivity index (χ0) is 26.7. The van der Waals surface area contributed by atoms with E-state index >= 15 is 0 Å². The highest BCUT2D eigenvalue weighted by molar-refractivity contribution is 7.09. The second kappa shape index (κ2) is 11.1. The van der Waals surface area contributed by atoms with Crippen molar-refractivity contribution in [3.8, 4) is 0 Å². The molecule has 1 fully saturated rings. The standard InChI is InChI=1S/C27H30FN5O3S/c1-15(2)16-9-13-20(14-10-16)33(27(36)24-21(29)22(25(30)34)32-37-24)23(17-7-11-18(28)12-8-17)26(35)31-19-5-3-4-6-19/h7-15,19,23H,3-6,29H2,1-2H3,(H2,30,34)(H,31,35)/t23-/m0/s1. The molecule has 5 N–H and O–H groups in total. The van der Waals surface area contributed by atoms with Gasteiger partial charge in [-0.25, -0.2) is 4.39 Å². The van der Waals surface area contributed by atoms with E-state index in [1.807, 2.05) is 12.1 Å². The van der Waals surface area contributed by atoms with E-state index in [9.17, 15) is 18.8 Å². The molecule has 8 nitrogen and oxygen atoms in total. The molecule has 37 heavy (non-hydrogen) atoms. The Labute approximate surface area is 219 Å². The number of nitrogens with one attached hydrogen (secondary N) is 1. The van der Waals surface area contributed by atoms with Gasteiger partial charge < -0.3 is 16.8 Å². The summed E-state index contributed by atoms with van der Waals surface area (Å²) in [5, 5.41) is 3.07. The van der Waals surface area contributed by atoms with Crippen LogP contribution in [0.2, 0.25) is 0 Å². The van der Waals surface area contributed by atoms with Gasteiger partial charge in [0.05, 0.1) is 5.69 Å². The van der Waals surface area contributed by atoms with Gasteiger partial charge >= 0.3 is 0 Å². The minimum atomic E-state index is -1.13. The summed E-state index contributed by atoms with van der Waals surface area (Å²) in [6.07, 6.45) is 3.73. The highest BCUT2D eigenvalue weighted by atomic mass is 32.1. The molecule has 194 valence electrons. The smallest absolute Gasteiger partial charge is 0.273 e. The molecule has 2 aromatic carbocycles. The molecule has 0 saturated heterocycles. The van der Waals surface area contributed by atoms with E-state index in [-0.39, 0.29) is 28.2 Å². The van der Waals surface area contributed by atoms with Gasteiger partial charge in [0.15, 0.2) is 5.69 Å². The maximum atomic E-state index is 14.1. The summed E-state index contributed by atoms with van der Waals surface area (Å²) in [6.45, 7) is 4.11. The van der Waals surface area contributed by atoms with E-state index in [0.717, 1.165) is 42.8 Å². The van der Waals surface area contributed by atoms with E-state index in [1.165, 1.54) is 29.2 Å². The fourth-order valence-corrected chi connectivity index (χ4v) is 5.30. The molecule has 3 aromatic rings. The maximum Gasteiger partial charge on any atom is 0.273 e. The van der Waals surface area contributed by atoms with Gasteiger partial charge in [-0.2, -0.15) is 4.37 Å². The summed E-state index contributed by atoms with van der Waals surface area (Å²) >= 11 is 0.745. The Morgan fingerprint density at radius 1 is 1.03 bits per heavy atom. The predicted octanol–water partition coefficient (Wildman–Crippen LogP) is 4.53. The number of hydrogen-bond acceptors (Lipinski definition) is 6. The van der Waals surface area contributed by atoms with E-state index < -0.39 is 29.6 Å². The van der Waals surface area contributed by atoms with E-state index in [2.05, 4.69) is 23.5 Å². The van der Waals surface area contributed by atoms with Crippen molar-refractivity contribution in [2.45, 2.75) is 57.5 Å². The average molecular weight is 524 g/mol. The fraction of sp³-hybridized carbons (Fsp3) is 0.333. The SMILES string of the molecule is CC(C)c1ccc(N(C(=O)c2snc(C(N)=O)c2N)[C@H](C(=O)NC2CCCC2)c2ccc(F)cc2)cc1. The van der Waals surface area contributed by atoms with Crippen molar-refractivity contribution in [3.63, 3.8) is 0 Å². The number of anilines is 2. The summed E-state index contributed by atoms with van der Waals surface area (Å²) in [7, 11) is 0. The summed E-state index contributed by atoms with van der Waals surface area (Å²) in [5.41, 5.74) is 13.1. The van der Waals surface area contributed by atoms with E-state index in [4.69, 9.17) is 11.5 Å². The Bertz CT molecular complexity index is 1280. The van der Waals surface area contributed by atoms with Gasteiger partial charge in [0, 0.05) is 11.7 Å². The summed E-state index contributed by atoms with van der Waals surface area (Å²) in [5.74, 6) is -2.06. The molecule has 0 unspecified atom stereocenters. The van der Waals surface area contributed by atoms with E-state index in [1.54, 1.807) is 12.1 Å². The molecule has 1 saturated carbocycles. The second-order valence-corrected chi connectivity index (χ2v) is 10.3. The first-order valence-corrected chi connectivity index (χ1v) is 13.0. The van der Waals surface area contributed by atoms with Gasteiger partial charge in [-0.3, -0.25) is 19.3 Å². The number of halogens is 1. The number of hydrogen-bond donors (Lipinski definition) is 3. The summed E-state index contributed by atoms with van der Waals surface area (Å²) in [6, 6.07) is 11.7. The number of aromatic nitrogens is 1. The highest BCUT2D eigenvalue weighted by Gasteiger charge is 2.37. The van der Waals surface area contributed by atoms with Crippen molar-refractivity contribution in [2.24, 2.45) is 5.73 Å². The lowest BCUT2D eigenvalue weighted by molar-refractivity contribution is -0.123. The van der Waals surface area contributed by atoms with Crippen molar-refractivity contribution in [1.82, 2.24) is 9.69 Å². The van der Waals surface area contributed by atoms with Gasteiger partial charge in [-0.05, 0) is 65.7 Å². The number of rotatable bonds is 8. The summed E-state index contributed by atoms with van der Waals surface area (Å²) < 4.78 is 17.8. The molecule has 0 aliphatic heterocycles. The molecule has 0 spiro atoms. The first-order chi connectivity index (χ1) is 17.7. The van der Waals surface area contributed by atoms with Crippen LogP contribution in [0.25, 0.3) is 0 Å². The van der Waals surface area contributed by atoms with Crippen LogP contribution in [0, 0.1) is 5.82 Å². The topological polar surface area (TPSA) is 131 Å². The molecule has 0 radical (unpaired) electrons. The van der Waals surface area contributed by atoms with Crippen LogP contribution in [-0.2, 0) is 4.79 Å². The third-order valence-corrected chi connectivity index (χ3v) is 7.46. The predicted molar refractivity (Wildman–Crippen MR) is 142 cm³/mol. The fourth-order valence-electron chi connectivity index (χ4n) is 4.55. The van der Waals surface area contributed by atoms with Crippen molar-refractivity contribution in [1.29, 1.82) is 0 Å². The molecular weight excluding hydrogens is 493 g/mol. The van der Waals surface area contributed by atoms with Crippen LogP contribution in [0.4, 0.5) is 15.8 Å². The van der Waals surface area contributed by atoms with Crippen molar-refractivity contribution < 1.29 is 18.8 Å². The first kappa shape index (κ1) is 26.3. The van der Waals surface area contributed by atoms with Crippen molar-refractivity contribution in [2.75, 3.05) is 10.6 Å². The zero-order valence-electron chi connectivity index (χ0n) is 20.7. The molecule has 3 amide bonds. The highest BCUT2D eigenvalue weighted by Crippen LogP contribution is 2.34. The number of benzene rings is 2. The number of nitrogens with two attached hydrogens (primary N) is 2. The van der Waals surface area contributed by atoms with E-state index in [0.29, 0.717) is 11.3 Å². The van der Waals surface area contributed by atoms with Crippen LogP contribution >= 0.6 is 11.5 Å². The molecule has 1 heterocycles. The van der Waals surface area contributed by atoms with Crippen LogP contribution in [0.1, 0.15) is 82.8 Å². The lowest BCUT2D eigenvalue weighted by Crippen LogP contribution is -2.46. The molecule has 1 aromatic heterocycles. The largest absolute Gasteiger partial charge is 0.395 e. The number of carbonyl (C=O) groups is 3. The quantitative estimate of drug-likeness (QED) is 0.399. The van der Waals surface area contributed by atoms with Gasteiger partial charge in [0.1, 0.15) is 16.7 Å². The molecular formula is C27H30FN5O3S. The lowest BCUT2D eigenvalue weighted by atomic mass is 10.00. The number of nitrogen functional groups attached to an aromatic ring is 1. The van der Waals surface area contributed by atoms with Gasteiger partial charge in [-0.1, -0.05) is 51.0 Å². The molecule has 1 aliphatic carbocycles. The maximum absolute atomic E-state index is 14.1. The zero-order valence-corrected chi connectivity index (χ0v) is 21.6. The monoisotopic (exact) mass is 523 g/mol. The van der Waals surface area contributed by atoms with Gasteiger partial charge in [-0.15, -0.1) is 0 Å². The molecule has 0 bridgehead atoms. The molecule has 10 heteroatoms. The minimum Gasteiger partial charge on any atom is -0.395 e. The number of carbonyl (C=O) groups excluding carboxylic acids is 3. The van der Waals surface area contributed by atoms with Crippen LogP contribution in [0.15, 0.2) is 48.5 Å². The Kier molecular flexibility index (Phi) is 7.87. The van der Waals surface area contributed by atoms with Gasteiger partial charge in [0.2, 0.25) is 5.91 Å². The number of primary amides is 1. The Morgan fingerprint density at radius 2 is 1.62 bits per heavy atom. The normalized spacial score (nSPS) is 14.5.